The van der Waals surface area contributed by atoms with E-state index in [1.807, 2.05) is 0 Å². The molecule has 4 nitrogen and oxygen atoms in total. The third kappa shape index (κ3) is 1.58. The molecule has 90 valence electrons. The number of halogens is 1. The highest BCUT2D eigenvalue weighted by Crippen LogP contribution is 2.37. The number of carbonyl (C=O) groups is 1. The van der Waals surface area contributed by atoms with Gasteiger partial charge in [0.1, 0.15) is 17.0 Å². The van der Waals surface area contributed by atoms with Crippen LogP contribution in [-0.4, -0.2) is 24.7 Å². The summed E-state index contributed by atoms with van der Waals surface area (Å²) < 4.78 is 18.8. The Hall–Kier alpha value is -1.62. The van der Waals surface area contributed by atoms with Crippen LogP contribution >= 0.6 is 0 Å². The molecule has 5 heteroatoms. The molecule has 0 atom stereocenters. The van der Waals surface area contributed by atoms with E-state index in [9.17, 15) is 9.18 Å². The molecule has 1 spiro atoms. The monoisotopic (exact) mass is 236 g/mol. The van der Waals surface area contributed by atoms with Gasteiger partial charge in [-0.05, 0) is 12.1 Å². The molecule has 2 N–H and O–H groups in total. The number of amides is 1. The zero-order valence-electron chi connectivity index (χ0n) is 9.25. The Morgan fingerprint density at radius 1 is 1.29 bits per heavy atom. The van der Waals surface area contributed by atoms with Gasteiger partial charge >= 0.3 is 0 Å². The molecule has 1 aromatic rings. The molecule has 0 aliphatic carbocycles. The molecule has 17 heavy (non-hydrogen) atoms. The molecule has 2 aliphatic heterocycles. The zero-order valence-corrected chi connectivity index (χ0v) is 9.25. The minimum absolute atomic E-state index is 0.168. The first-order chi connectivity index (χ1) is 8.21. The number of fused-ring (bicyclic) bond motifs is 1. The summed E-state index contributed by atoms with van der Waals surface area (Å²) in [5.41, 5.74) is 0.250. The van der Waals surface area contributed by atoms with Crippen LogP contribution in [0.3, 0.4) is 0 Å². The van der Waals surface area contributed by atoms with Crippen LogP contribution in [-0.2, 0) is 9.53 Å². The molecule has 1 aromatic carbocycles. The summed E-state index contributed by atoms with van der Waals surface area (Å²) in [6.45, 7) is 1.09. The summed E-state index contributed by atoms with van der Waals surface area (Å²) in [7, 11) is 0. The molecule has 0 bridgehead atoms. The zero-order chi connectivity index (χ0) is 11.9. The highest BCUT2D eigenvalue weighted by Gasteiger charge is 2.43. The molecule has 1 amide bonds. The van der Waals surface area contributed by atoms with E-state index in [1.165, 1.54) is 6.07 Å². The first-order valence-electron chi connectivity index (χ1n) is 5.67. The smallest absolute Gasteiger partial charge is 0.250 e. The van der Waals surface area contributed by atoms with Crippen LogP contribution in [0.1, 0.15) is 12.8 Å². The average Bonchev–Trinajstić information content (AvgIpc) is 2.33. The van der Waals surface area contributed by atoms with E-state index in [2.05, 4.69) is 10.6 Å². The van der Waals surface area contributed by atoms with Crippen molar-refractivity contribution in [1.82, 2.24) is 0 Å². The Morgan fingerprint density at radius 3 is 2.82 bits per heavy atom. The normalized spacial score (nSPS) is 21.6. The Bertz CT molecular complexity index is 470. The fourth-order valence-electron chi connectivity index (χ4n) is 2.37. The van der Waals surface area contributed by atoms with Gasteiger partial charge in [0, 0.05) is 26.1 Å². The van der Waals surface area contributed by atoms with Crippen LogP contribution in [0, 0.1) is 5.82 Å². The molecule has 0 radical (unpaired) electrons. The molecule has 2 heterocycles. The second-order valence-electron chi connectivity index (χ2n) is 4.44. The standard InChI is InChI=1S/C12H13FN2O2/c13-8-2-1-3-9-10(8)14-11(16)12(15-9)4-6-17-7-5-12/h1-3,15H,4-7H2,(H,14,16). The highest BCUT2D eigenvalue weighted by molar-refractivity contribution is 6.06. The topological polar surface area (TPSA) is 50.4 Å². The predicted octanol–water partition coefficient (Wildman–Crippen LogP) is 1.74. The number of ether oxygens (including phenoxy) is 1. The van der Waals surface area contributed by atoms with Crippen LogP contribution in [0.4, 0.5) is 15.8 Å². The Kier molecular flexibility index (Phi) is 2.29. The van der Waals surface area contributed by atoms with Crippen molar-refractivity contribution in [2.75, 3.05) is 23.8 Å². The summed E-state index contributed by atoms with van der Waals surface area (Å²) in [6.07, 6.45) is 1.21. The Morgan fingerprint density at radius 2 is 2.06 bits per heavy atom. The molecule has 2 aliphatic rings. The maximum Gasteiger partial charge on any atom is 0.250 e. The molecule has 0 aromatic heterocycles. The number of hydrogen-bond donors (Lipinski definition) is 2. The van der Waals surface area contributed by atoms with Gasteiger partial charge in [0.25, 0.3) is 0 Å². The number of para-hydroxylation sites is 1. The number of carbonyl (C=O) groups excluding carboxylic acids is 1. The van der Waals surface area contributed by atoms with E-state index in [0.717, 1.165) is 0 Å². The third-order valence-corrected chi connectivity index (χ3v) is 3.41. The molecule has 1 saturated heterocycles. The summed E-state index contributed by atoms with van der Waals surface area (Å²) in [4.78, 5) is 12.1. The van der Waals surface area contributed by atoms with Gasteiger partial charge in [0.05, 0.1) is 5.69 Å². The van der Waals surface area contributed by atoms with Crippen molar-refractivity contribution in [3.63, 3.8) is 0 Å². The van der Waals surface area contributed by atoms with Gasteiger partial charge in [0.15, 0.2) is 0 Å². The first-order valence-corrected chi connectivity index (χ1v) is 5.67. The van der Waals surface area contributed by atoms with Gasteiger partial charge in [0.2, 0.25) is 5.91 Å². The lowest BCUT2D eigenvalue weighted by molar-refractivity contribution is -0.123. The van der Waals surface area contributed by atoms with Crippen molar-refractivity contribution >= 4 is 17.3 Å². The SMILES string of the molecule is O=C1Nc2c(F)cccc2NC12CCOCC2. The van der Waals surface area contributed by atoms with Gasteiger partial charge in [-0.2, -0.15) is 0 Å². The van der Waals surface area contributed by atoms with Crippen molar-refractivity contribution in [3.8, 4) is 0 Å². The van der Waals surface area contributed by atoms with Crippen LogP contribution in [0.2, 0.25) is 0 Å². The summed E-state index contributed by atoms with van der Waals surface area (Å²) in [6, 6.07) is 4.74. The van der Waals surface area contributed by atoms with E-state index < -0.39 is 11.4 Å². The van der Waals surface area contributed by atoms with Gasteiger partial charge in [-0.15, -0.1) is 0 Å². The average molecular weight is 236 g/mol. The lowest BCUT2D eigenvalue weighted by Gasteiger charge is -2.41. The van der Waals surface area contributed by atoms with Crippen molar-refractivity contribution in [1.29, 1.82) is 0 Å². The summed E-state index contributed by atoms with van der Waals surface area (Å²) in [5, 5.41) is 5.83. The van der Waals surface area contributed by atoms with Gasteiger partial charge in [-0.3, -0.25) is 4.79 Å². The maximum atomic E-state index is 13.5. The van der Waals surface area contributed by atoms with E-state index in [4.69, 9.17) is 4.74 Å². The largest absolute Gasteiger partial charge is 0.381 e. The van der Waals surface area contributed by atoms with Gasteiger partial charge < -0.3 is 15.4 Å². The highest BCUT2D eigenvalue weighted by atomic mass is 19.1. The lowest BCUT2D eigenvalue weighted by atomic mass is 9.86. The summed E-state index contributed by atoms with van der Waals surface area (Å²) >= 11 is 0. The molecule has 0 unspecified atom stereocenters. The van der Waals surface area contributed by atoms with Crippen LogP contribution < -0.4 is 10.6 Å². The van der Waals surface area contributed by atoms with Crippen LogP contribution in [0.15, 0.2) is 18.2 Å². The van der Waals surface area contributed by atoms with Crippen LogP contribution in [0.5, 0.6) is 0 Å². The van der Waals surface area contributed by atoms with Crippen molar-refractivity contribution < 1.29 is 13.9 Å². The second kappa shape index (κ2) is 3.70. The van der Waals surface area contributed by atoms with Crippen molar-refractivity contribution in [2.45, 2.75) is 18.4 Å². The second-order valence-corrected chi connectivity index (χ2v) is 4.44. The first kappa shape index (κ1) is 10.5. The predicted molar refractivity (Wildman–Crippen MR) is 61.4 cm³/mol. The van der Waals surface area contributed by atoms with Gasteiger partial charge in [-0.25, -0.2) is 4.39 Å². The number of nitrogens with one attached hydrogen (secondary N) is 2. The van der Waals surface area contributed by atoms with Gasteiger partial charge in [-0.1, -0.05) is 6.07 Å². The fraction of sp³-hybridized carbons (Fsp3) is 0.417. The number of rotatable bonds is 0. The van der Waals surface area contributed by atoms with E-state index in [-0.39, 0.29) is 11.6 Å². The minimum atomic E-state index is -0.640. The van der Waals surface area contributed by atoms with E-state index >= 15 is 0 Å². The Labute approximate surface area is 98.1 Å². The third-order valence-electron chi connectivity index (χ3n) is 3.41. The molecular formula is C12H13FN2O2. The van der Waals surface area contributed by atoms with E-state index in [0.29, 0.717) is 31.7 Å². The van der Waals surface area contributed by atoms with Crippen LogP contribution in [0.25, 0.3) is 0 Å². The van der Waals surface area contributed by atoms with Crippen molar-refractivity contribution in [3.05, 3.63) is 24.0 Å². The number of anilines is 2. The maximum absolute atomic E-state index is 13.5. The fourth-order valence-corrected chi connectivity index (χ4v) is 2.37. The summed E-state index contributed by atoms with van der Waals surface area (Å²) in [5.74, 6) is -0.580. The lowest BCUT2D eigenvalue weighted by Crippen LogP contribution is -2.55. The molecular weight excluding hydrogens is 223 g/mol. The Balaban J connectivity index is 2.00. The van der Waals surface area contributed by atoms with Crippen molar-refractivity contribution in [2.24, 2.45) is 0 Å². The molecule has 0 saturated carbocycles. The number of hydrogen-bond acceptors (Lipinski definition) is 3. The quantitative estimate of drug-likeness (QED) is 0.721. The molecule has 1 fully saturated rings. The minimum Gasteiger partial charge on any atom is -0.381 e. The molecule has 3 rings (SSSR count). The number of benzene rings is 1. The van der Waals surface area contributed by atoms with E-state index in [1.54, 1.807) is 12.1 Å².